The van der Waals surface area contributed by atoms with Gasteiger partial charge in [-0.15, -0.1) is 0 Å². The van der Waals surface area contributed by atoms with Crippen LogP contribution in [0.15, 0.2) is 0 Å². The summed E-state index contributed by atoms with van der Waals surface area (Å²) in [7, 11) is 0. The maximum absolute atomic E-state index is 4.83. The minimum atomic E-state index is 0. The third-order valence-corrected chi connectivity index (χ3v) is 0.408. The van der Waals surface area contributed by atoms with E-state index in [1.54, 1.807) is 0 Å². The summed E-state index contributed by atoms with van der Waals surface area (Å²) in [4.78, 5) is 0. The van der Waals surface area contributed by atoms with Crippen LogP contribution in [-0.2, 0) is 4.74 Å². The van der Waals surface area contributed by atoms with E-state index in [4.69, 9.17) is 4.74 Å². The average Bonchev–Trinajstić information content (AvgIpc) is 1.66. The first-order chi connectivity index (χ1) is 4.15. The molecule has 0 bridgehead atoms. The van der Waals surface area contributed by atoms with Crippen molar-refractivity contribution < 1.29 is 17.1 Å². The van der Waals surface area contributed by atoms with Gasteiger partial charge in [-0.2, -0.15) is 20.8 Å². The van der Waals surface area contributed by atoms with E-state index in [0.29, 0.717) is 0 Å². The van der Waals surface area contributed by atoms with Crippen LogP contribution in [0.3, 0.4) is 0 Å². The topological polar surface area (TPSA) is 9.23 Å². The second-order valence-electron chi connectivity index (χ2n) is 2.28. The Labute approximate surface area is 93.8 Å². The van der Waals surface area contributed by atoms with Gasteiger partial charge in [0.2, 0.25) is 0 Å². The van der Waals surface area contributed by atoms with E-state index in [1.807, 2.05) is 13.8 Å². The van der Waals surface area contributed by atoms with Crippen molar-refractivity contribution in [1.29, 1.82) is 0 Å². The molecule has 11 heavy (non-hydrogen) atoms. The summed E-state index contributed by atoms with van der Waals surface area (Å²) in [6.45, 7) is 11.9. The molecule has 0 N–H and O–H groups in total. The van der Waals surface area contributed by atoms with E-state index in [1.165, 1.54) is 5.92 Å². The van der Waals surface area contributed by atoms with Gasteiger partial charge in [0.15, 0.2) is 0 Å². The Morgan fingerprint density at radius 2 is 1.18 bits per heavy atom. The largest absolute Gasteiger partial charge is 2.00 e. The molecular formula is C8H19ClMgO. The van der Waals surface area contributed by atoms with E-state index >= 15 is 0 Å². The Morgan fingerprint density at radius 1 is 1.00 bits per heavy atom. The third kappa shape index (κ3) is 98.4. The molecule has 0 fully saturated rings. The Bertz CT molecular complexity index is 38.3. The van der Waals surface area contributed by atoms with E-state index in [2.05, 4.69) is 20.8 Å². The normalized spacial score (nSPS) is 7.09. The fourth-order valence-electron chi connectivity index (χ4n) is 0.204. The maximum Gasteiger partial charge on any atom is 2.00 e. The molecule has 0 rings (SSSR count). The minimum Gasteiger partial charge on any atom is -1.00 e. The van der Waals surface area contributed by atoms with Gasteiger partial charge in [-0.3, -0.25) is 0 Å². The van der Waals surface area contributed by atoms with Crippen molar-refractivity contribution in [2.75, 3.05) is 13.2 Å². The molecule has 0 aliphatic rings. The van der Waals surface area contributed by atoms with Crippen molar-refractivity contribution in [3.63, 3.8) is 0 Å². The molecule has 0 saturated carbocycles. The molecule has 0 heterocycles. The van der Waals surface area contributed by atoms with Gasteiger partial charge in [-0.25, -0.2) is 0 Å². The van der Waals surface area contributed by atoms with Crippen LogP contribution < -0.4 is 12.4 Å². The first-order valence-electron chi connectivity index (χ1n) is 3.49. The van der Waals surface area contributed by atoms with Crippen molar-refractivity contribution >= 4 is 23.1 Å². The predicted molar refractivity (Wildman–Crippen MR) is 48.2 cm³/mol. The number of halogens is 1. The predicted octanol–water partition coefficient (Wildman–Crippen LogP) is -0.713. The molecule has 1 nitrogen and oxygen atoms in total. The first kappa shape index (κ1) is 22.7. The average molecular weight is 191 g/mol. The Kier molecular flexibility index (Phi) is 46.3. The number of hydrogen-bond acceptors (Lipinski definition) is 1. The number of ether oxygens (including phenoxy) is 1. The third-order valence-electron chi connectivity index (χ3n) is 0.408. The number of hydrogen-bond donors (Lipinski definition) is 0. The summed E-state index contributed by atoms with van der Waals surface area (Å²) in [6.07, 6.45) is 0. The van der Waals surface area contributed by atoms with Gasteiger partial charge in [0.1, 0.15) is 0 Å². The summed E-state index contributed by atoms with van der Waals surface area (Å²) in [6, 6.07) is 0. The van der Waals surface area contributed by atoms with Gasteiger partial charge in [-0.05, 0) is 13.8 Å². The van der Waals surface area contributed by atoms with E-state index in [0.717, 1.165) is 13.2 Å². The molecule has 0 radical (unpaired) electrons. The Hall–Kier alpha value is 1.02. The fraction of sp³-hybridized carbons (Fsp3) is 0.875. The quantitative estimate of drug-likeness (QED) is 0.413. The van der Waals surface area contributed by atoms with Crippen LogP contribution in [-0.4, -0.2) is 36.3 Å². The monoisotopic (exact) mass is 190 g/mol. The molecular weight excluding hydrogens is 172 g/mol. The van der Waals surface area contributed by atoms with Crippen LogP contribution >= 0.6 is 0 Å². The van der Waals surface area contributed by atoms with Crippen LogP contribution in [0.4, 0.5) is 0 Å². The second-order valence-corrected chi connectivity index (χ2v) is 2.28. The van der Waals surface area contributed by atoms with E-state index in [9.17, 15) is 0 Å². The second kappa shape index (κ2) is 22.5. The standard InChI is InChI=1S/C4H10O.C4H9.ClH.Mg/c1-3-5-4-2;1-4(2)3;;/h3-4H2,1-2H3;1-3H3;1H;/q;-1;;+2/p-1. The molecule has 0 aliphatic heterocycles. The van der Waals surface area contributed by atoms with Crippen molar-refractivity contribution in [1.82, 2.24) is 0 Å². The minimum absolute atomic E-state index is 0. The van der Waals surface area contributed by atoms with Gasteiger partial charge in [0.25, 0.3) is 0 Å². The molecule has 0 aromatic heterocycles. The summed E-state index contributed by atoms with van der Waals surface area (Å²) in [5.74, 6) is 1.42. The zero-order chi connectivity index (χ0) is 7.70. The molecule has 0 spiro atoms. The summed E-state index contributed by atoms with van der Waals surface area (Å²) < 4.78 is 4.83. The van der Waals surface area contributed by atoms with Gasteiger partial charge in [-0.1, -0.05) is 0 Å². The molecule has 0 aromatic rings. The van der Waals surface area contributed by atoms with Crippen LogP contribution in [0.2, 0.25) is 0 Å². The molecule has 3 heteroatoms. The maximum atomic E-state index is 4.83. The molecule has 0 aromatic carbocycles. The molecule has 0 amide bonds. The molecule has 0 atom stereocenters. The molecule has 0 unspecified atom stereocenters. The smallest absolute Gasteiger partial charge is 1.00 e. The summed E-state index contributed by atoms with van der Waals surface area (Å²) in [5.41, 5.74) is 0. The van der Waals surface area contributed by atoms with E-state index < -0.39 is 0 Å². The van der Waals surface area contributed by atoms with Crippen LogP contribution in [0.1, 0.15) is 34.6 Å². The van der Waals surface area contributed by atoms with Crippen molar-refractivity contribution in [3.8, 4) is 0 Å². The van der Waals surface area contributed by atoms with Gasteiger partial charge in [0, 0.05) is 13.2 Å². The van der Waals surface area contributed by atoms with Crippen molar-refractivity contribution in [2.24, 2.45) is 0 Å². The van der Waals surface area contributed by atoms with Gasteiger partial charge >= 0.3 is 23.1 Å². The Balaban J connectivity index is -0.0000000383. The Morgan fingerprint density at radius 3 is 1.18 bits per heavy atom. The SMILES string of the molecule is CCOCC.C[C-](C)C.[Cl-].[Mg+2]. The van der Waals surface area contributed by atoms with Crippen LogP contribution in [0, 0.1) is 5.92 Å². The summed E-state index contributed by atoms with van der Waals surface area (Å²) >= 11 is 0. The van der Waals surface area contributed by atoms with Gasteiger partial charge < -0.3 is 23.1 Å². The fourth-order valence-corrected chi connectivity index (χ4v) is 0.204. The zero-order valence-electron chi connectivity index (χ0n) is 8.41. The summed E-state index contributed by atoms with van der Waals surface area (Å²) in [5, 5.41) is 0. The number of rotatable bonds is 2. The first-order valence-corrected chi connectivity index (χ1v) is 3.49. The van der Waals surface area contributed by atoms with Gasteiger partial charge in [0.05, 0.1) is 0 Å². The van der Waals surface area contributed by atoms with Crippen molar-refractivity contribution in [3.05, 3.63) is 5.92 Å². The van der Waals surface area contributed by atoms with Crippen LogP contribution in [0.25, 0.3) is 0 Å². The van der Waals surface area contributed by atoms with Crippen molar-refractivity contribution in [2.45, 2.75) is 34.6 Å². The molecule has 0 saturated heterocycles. The molecule has 66 valence electrons. The van der Waals surface area contributed by atoms with E-state index in [-0.39, 0.29) is 35.5 Å². The molecule has 0 aliphatic carbocycles. The zero-order valence-corrected chi connectivity index (χ0v) is 10.6. The van der Waals surface area contributed by atoms with Crippen LogP contribution in [0.5, 0.6) is 0 Å².